The molecule has 0 atom stereocenters. The highest BCUT2D eigenvalue weighted by Gasteiger charge is 2.32. The SMILES string of the molecule is COc1cccc(Cc2nc3c(c(N4CCOCC4)n2)CN(S(=O)(=O)c2ccc(Cl)cc2)CC3)c1. The largest absolute Gasteiger partial charge is 0.497 e. The lowest BCUT2D eigenvalue weighted by Gasteiger charge is -2.34. The van der Waals surface area contributed by atoms with Crippen LogP contribution in [0.3, 0.4) is 0 Å². The Hall–Kier alpha value is -2.72. The van der Waals surface area contributed by atoms with E-state index in [1.165, 1.54) is 4.31 Å². The van der Waals surface area contributed by atoms with Gasteiger partial charge in [-0.2, -0.15) is 4.31 Å². The molecule has 0 aliphatic carbocycles. The van der Waals surface area contributed by atoms with Crippen molar-refractivity contribution in [3.05, 3.63) is 76.2 Å². The minimum Gasteiger partial charge on any atom is -0.497 e. The van der Waals surface area contributed by atoms with Crippen molar-refractivity contribution in [1.82, 2.24) is 14.3 Å². The molecule has 184 valence electrons. The first-order valence-corrected chi connectivity index (χ1v) is 13.4. The topological polar surface area (TPSA) is 84.9 Å². The maximum atomic E-state index is 13.4. The number of aromatic nitrogens is 2. The summed E-state index contributed by atoms with van der Waals surface area (Å²) in [6.45, 7) is 3.20. The number of anilines is 1. The molecule has 0 amide bonds. The van der Waals surface area contributed by atoms with E-state index in [9.17, 15) is 8.42 Å². The van der Waals surface area contributed by atoms with Gasteiger partial charge in [-0.05, 0) is 42.0 Å². The third kappa shape index (κ3) is 5.13. The Kier molecular flexibility index (Phi) is 6.93. The molecule has 0 N–H and O–H groups in total. The zero-order valence-electron chi connectivity index (χ0n) is 19.5. The molecule has 0 bridgehead atoms. The summed E-state index contributed by atoms with van der Waals surface area (Å²) in [6.07, 6.45) is 1.09. The predicted molar refractivity (Wildman–Crippen MR) is 134 cm³/mol. The fourth-order valence-corrected chi connectivity index (χ4v) is 6.00. The molecule has 0 unspecified atom stereocenters. The predicted octanol–water partition coefficient (Wildman–Crippen LogP) is 3.31. The van der Waals surface area contributed by atoms with Crippen LogP contribution in [-0.2, 0) is 34.1 Å². The summed E-state index contributed by atoms with van der Waals surface area (Å²) in [5.41, 5.74) is 2.83. The number of morpholine rings is 1. The highest BCUT2D eigenvalue weighted by atomic mass is 35.5. The molecule has 2 aliphatic heterocycles. The van der Waals surface area contributed by atoms with Gasteiger partial charge >= 0.3 is 0 Å². The van der Waals surface area contributed by atoms with Gasteiger partial charge in [0.25, 0.3) is 0 Å². The van der Waals surface area contributed by atoms with Crippen LogP contribution in [0.25, 0.3) is 0 Å². The van der Waals surface area contributed by atoms with E-state index in [1.807, 2.05) is 24.3 Å². The van der Waals surface area contributed by atoms with Gasteiger partial charge in [-0.1, -0.05) is 23.7 Å². The molecule has 1 aromatic heterocycles. The first-order chi connectivity index (χ1) is 16.9. The van der Waals surface area contributed by atoms with Crippen LogP contribution in [0.1, 0.15) is 22.6 Å². The normalized spacial score (nSPS) is 16.7. The van der Waals surface area contributed by atoms with Crippen molar-refractivity contribution in [2.45, 2.75) is 24.3 Å². The van der Waals surface area contributed by atoms with Crippen LogP contribution < -0.4 is 9.64 Å². The maximum Gasteiger partial charge on any atom is 0.243 e. The van der Waals surface area contributed by atoms with Gasteiger partial charge in [0, 0.05) is 49.6 Å². The Balaban J connectivity index is 1.49. The van der Waals surface area contributed by atoms with Crippen LogP contribution in [0.2, 0.25) is 5.02 Å². The van der Waals surface area contributed by atoms with Crippen molar-refractivity contribution in [3.8, 4) is 5.75 Å². The molecule has 5 rings (SSSR count). The van der Waals surface area contributed by atoms with E-state index in [1.54, 1.807) is 31.4 Å². The van der Waals surface area contributed by atoms with Gasteiger partial charge in [-0.25, -0.2) is 18.4 Å². The summed E-state index contributed by atoms with van der Waals surface area (Å²) in [6, 6.07) is 14.2. The molecule has 3 heterocycles. The van der Waals surface area contributed by atoms with Crippen molar-refractivity contribution in [1.29, 1.82) is 0 Å². The molecule has 2 aromatic carbocycles. The van der Waals surface area contributed by atoms with Gasteiger partial charge in [0.2, 0.25) is 10.0 Å². The van der Waals surface area contributed by atoms with Gasteiger partial charge in [0.15, 0.2) is 0 Å². The van der Waals surface area contributed by atoms with Crippen LogP contribution in [0.15, 0.2) is 53.4 Å². The van der Waals surface area contributed by atoms with E-state index >= 15 is 0 Å². The number of hydrogen-bond acceptors (Lipinski definition) is 7. The molecule has 1 saturated heterocycles. The monoisotopic (exact) mass is 514 g/mol. The summed E-state index contributed by atoms with van der Waals surface area (Å²) in [5, 5.41) is 0.500. The van der Waals surface area contributed by atoms with Crippen molar-refractivity contribution in [3.63, 3.8) is 0 Å². The summed E-state index contributed by atoms with van der Waals surface area (Å²) in [4.78, 5) is 12.2. The minimum atomic E-state index is -3.67. The van der Waals surface area contributed by atoms with Crippen LogP contribution >= 0.6 is 11.6 Å². The molecular formula is C25H27ClN4O4S. The summed E-state index contributed by atoms with van der Waals surface area (Å²) < 4.78 is 39.1. The van der Waals surface area contributed by atoms with Crippen LogP contribution in [0.4, 0.5) is 5.82 Å². The lowest BCUT2D eigenvalue weighted by Crippen LogP contribution is -2.41. The Morgan fingerprint density at radius 3 is 2.57 bits per heavy atom. The molecule has 0 radical (unpaired) electrons. The molecule has 1 fully saturated rings. The van der Waals surface area contributed by atoms with Gasteiger partial charge < -0.3 is 14.4 Å². The molecule has 10 heteroatoms. The fraction of sp³-hybridized carbons (Fsp3) is 0.360. The molecule has 35 heavy (non-hydrogen) atoms. The highest BCUT2D eigenvalue weighted by Crippen LogP contribution is 2.31. The molecule has 0 saturated carbocycles. The second kappa shape index (κ2) is 10.1. The molecule has 2 aliphatic rings. The summed E-state index contributed by atoms with van der Waals surface area (Å²) >= 11 is 5.96. The molecule has 3 aromatic rings. The third-order valence-corrected chi connectivity index (χ3v) is 8.42. The van der Waals surface area contributed by atoms with Gasteiger partial charge in [0.05, 0.1) is 30.9 Å². The first-order valence-electron chi connectivity index (χ1n) is 11.5. The lowest BCUT2D eigenvalue weighted by molar-refractivity contribution is 0.122. The van der Waals surface area contributed by atoms with E-state index in [0.29, 0.717) is 56.5 Å². The Morgan fingerprint density at radius 1 is 1.06 bits per heavy atom. The Bertz CT molecular complexity index is 1310. The van der Waals surface area contributed by atoms with Crippen molar-refractivity contribution in [2.24, 2.45) is 0 Å². The number of nitrogens with zero attached hydrogens (tertiary/aromatic N) is 4. The number of methoxy groups -OCH3 is 1. The van der Waals surface area contributed by atoms with Gasteiger partial charge in [-0.3, -0.25) is 0 Å². The number of benzene rings is 2. The van der Waals surface area contributed by atoms with Crippen molar-refractivity contribution < 1.29 is 17.9 Å². The van der Waals surface area contributed by atoms with Crippen LogP contribution in [-0.4, -0.2) is 62.6 Å². The average molecular weight is 515 g/mol. The summed E-state index contributed by atoms with van der Waals surface area (Å²) in [7, 11) is -2.03. The number of sulfonamides is 1. The van der Waals surface area contributed by atoms with E-state index in [-0.39, 0.29) is 11.4 Å². The number of fused-ring (bicyclic) bond motifs is 1. The Labute approximate surface area is 210 Å². The third-order valence-electron chi connectivity index (χ3n) is 6.31. The maximum absolute atomic E-state index is 13.4. The van der Waals surface area contributed by atoms with E-state index in [2.05, 4.69) is 4.90 Å². The zero-order valence-corrected chi connectivity index (χ0v) is 21.1. The van der Waals surface area contributed by atoms with Gasteiger partial charge in [-0.15, -0.1) is 0 Å². The second-order valence-electron chi connectivity index (χ2n) is 8.56. The smallest absolute Gasteiger partial charge is 0.243 e. The average Bonchev–Trinajstić information content (AvgIpc) is 2.89. The second-order valence-corrected chi connectivity index (χ2v) is 10.9. The van der Waals surface area contributed by atoms with E-state index in [0.717, 1.165) is 28.4 Å². The quantitative estimate of drug-likeness (QED) is 0.499. The highest BCUT2D eigenvalue weighted by molar-refractivity contribution is 7.89. The van der Waals surface area contributed by atoms with Crippen molar-refractivity contribution >= 4 is 27.4 Å². The number of ether oxygens (including phenoxy) is 2. The number of hydrogen-bond donors (Lipinski definition) is 0. The van der Waals surface area contributed by atoms with E-state index < -0.39 is 10.0 Å². The molecule has 8 nitrogen and oxygen atoms in total. The fourth-order valence-electron chi connectivity index (χ4n) is 4.46. The molecule has 0 spiro atoms. The van der Waals surface area contributed by atoms with Gasteiger partial charge in [0.1, 0.15) is 17.4 Å². The summed E-state index contributed by atoms with van der Waals surface area (Å²) in [5.74, 6) is 2.30. The molecular weight excluding hydrogens is 488 g/mol. The minimum absolute atomic E-state index is 0.229. The number of halogens is 1. The van der Waals surface area contributed by atoms with E-state index in [4.69, 9.17) is 31.0 Å². The van der Waals surface area contributed by atoms with Crippen LogP contribution in [0, 0.1) is 0 Å². The lowest BCUT2D eigenvalue weighted by atomic mass is 10.1. The Morgan fingerprint density at radius 2 is 1.83 bits per heavy atom. The number of rotatable bonds is 6. The standard InChI is InChI=1S/C25H27ClN4O4S/c1-33-20-4-2-3-18(15-20)16-24-27-23-9-10-30(35(31,32)21-7-5-19(26)6-8-21)17-22(23)25(28-24)29-11-13-34-14-12-29/h2-8,15H,9-14,16-17H2,1H3. The van der Waals surface area contributed by atoms with Crippen molar-refractivity contribution in [2.75, 3.05) is 44.9 Å². The van der Waals surface area contributed by atoms with Crippen LogP contribution in [0.5, 0.6) is 5.75 Å². The first kappa shape index (κ1) is 24.0. The zero-order chi connectivity index (χ0) is 24.4.